The minimum atomic E-state index is 1.30. The highest BCUT2D eigenvalue weighted by Gasteiger charge is 2.10. The van der Waals surface area contributed by atoms with Crippen molar-refractivity contribution in [1.82, 2.24) is 0 Å². The SMILES string of the molecule is c1ccc2c(c1)ccc1ccc3cc4c(cc3c12)sc1ccccc14. The topological polar surface area (TPSA) is 0 Å². The lowest BCUT2D eigenvalue weighted by molar-refractivity contribution is 1.79. The Balaban J connectivity index is 1.88. The zero-order valence-corrected chi connectivity index (χ0v) is 14.3. The summed E-state index contributed by atoms with van der Waals surface area (Å²) in [7, 11) is 0. The van der Waals surface area contributed by atoms with Crippen LogP contribution in [-0.2, 0) is 0 Å². The summed E-state index contributed by atoms with van der Waals surface area (Å²) >= 11 is 1.89. The fraction of sp³-hybridized carbons (Fsp3) is 0. The fourth-order valence-electron chi connectivity index (χ4n) is 4.05. The van der Waals surface area contributed by atoms with Crippen molar-refractivity contribution in [3.05, 3.63) is 84.9 Å². The van der Waals surface area contributed by atoms with Crippen LogP contribution in [0.15, 0.2) is 84.9 Å². The van der Waals surface area contributed by atoms with Gasteiger partial charge in [-0.25, -0.2) is 0 Å². The van der Waals surface area contributed by atoms with Gasteiger partial charge in [0.2, 0.25) is 0 Å². The zero-order valence-electron chi connectivity index (χ0n) is 13.5. The lowest BCUT2D eigenvalue weighted by atomic mass is 9.95. The van der Waals surface area contributed by atoms with Gasteiger partial charge in [-0.05, 0) is 50.5 Å². The van der Waals surface area contributed by atoms with Crippen LogP contribution in [-0.4, -0.2) is 0 Å². The largest absolute Gasteiger partial charge is 0.135 e. The normalized spacial score (nSPS) is 12.0. The third-order valence-corrected chi connectivity index (χ3v) is 6.36. The summed E-state index contributed by atoms with van der Waals surface area (Å²) in [6.45, 7) is 0. The molecule has 0 saturated heterocycles. The number of hydrogen-bond donors (Lipinski definition) is 0. The average molecular weight is 334 g/mol. The molecule has 25 heavy (non-hydrogen) atoms. The summed E-state index contributed by atoms with van der Waals surface area (Å²) in [5.74, 6) is 0. The lowest BCUT2D eigenvalue weighted by Gasteiger charge is -2.08. The molecule has 0 atom stereocenters. The van der Waals surface area contributed by atoms with Gasteiger partial charge in [0.1, 0.15) is 0 Å². The molecular formula is C24H14S. The molecule has 0 aliphatic carbocycles. The van der Waals surface area contributed by atoms with Crippen molar-refractivity contribution in [2.45, 2.75) is 0 Å². The molecule has 0 unspecified atom stereocenters. The van der Waals surface area contributed by atoms with Gasteiger partial charge in [0.05, 0.1) is 0 Å². The van der Waals surface area contributed by atoms with E-state index >= 15 is 0 Å². The molecular weight excluding hydrogens is 320 g/mol. The van der Waals surface area contributed by atoms with Gasteiger partial charge in [-0.1, -0.05) is 66.7 Å². The molecule has 6 aromatic rings. The van der Waals surface area contributed by atoms with E-state index in [9.17, 15) is 0 Å². The van der Waals surface area contributed by atoms with E-state index in [1.54, 1.807) is 0 Å². The molecule has 0 nitrogen and oxygen atoms in total. The van der Waals surface area contributed by atoms with E-state index in [1.165, 1.54) is 52.5 Å². The van der Waals surface area contributed by atoms with Crippen LogP contribution in [0.5, 0.6) is 0 Å². The Morgan fingerprint density at radius 2 is 1.16 bits per heavy atom. The molecule has 0 bridgehead atoms. The molecule has 116 valence electrons. The monoisotopic (exact) mass is 334 g/mol. The molecule has 0 aliphatic rings. The van der Waals surface area contributed by atoms with Crippen LogP contribution in [0.25, 0.3) is 52.5 Å². The van der Waals surface area contributed by atoms with Crippen LogP contribution in [0.4, 0.5) is 0 Å². The Bertz CT molecular complexity index is 1440. The van der Waals surface area contributed by atoms with E-state index in [4.69, 9.17) is 0 Å². The zero-order chi connectivity index (χ0) is 16.4. The first-order chi connectivity index (χ1) is 12.4. The van der Waals surface area contributed by atoms with Gasteiger partial charge >= 0.3 is 0 Å². The maximum Gasteiger partial charge on any atom is 0.0362 e. The Labute approximate surface area is 148 Å². The van der Waals surface area contributed by atoms with Gasteiger partial charge in [0, 0.05) is 20.2 Å². The summed E-state index contributed by atoms with van der Waals surface area (Å²) in [6, 6.07) is 31.1. The van der Waals surface area contributed by atoms with Crippen molar-refractivity contribution in [2.75, 3.05) is 0 Å². The molecule has 1 heteroatoms. The van der Waals surface area contributed by atoms with Crippen LogP contribution in [0.1, 0.15) is 0 Å². The molecule has 1 heterocycles. The van der Waals surface area contributed by atoms with E-state index in [1.807, 2.05) is 11.3 Å². The molecule has 0 fully saturated rings. The summed E-state index contributed by atoms with van der Waals surface area (Å²) in [5, 5.41) is 10.7. The Morgan fingerprint density at radius 3 is 2.08 bits per heavy atom. The first kappa shape index (κ1) is 13.4. The van der Waals surface area contributed by atoms with Crippen LogP contribution < -0.4 is 0 Å². The van der Waals surface area contributed by atoms with Crippen molar-refractivity contribution < 1.29 is 0 Å². The molecule has 1 aromatic heterocycles. The first-order valence-corrected chi connectivity index (χ1v) is 9.36. The first-order valence-electron chi connectivity index (χ1n) is 8.54. The molecule has 5 aromatic carbocycles. The highest BCUT2D eigenvalue weighted by atomic mass is 32.1. The minimum absolute atomic E-state index is 1.30. The van der Waals surface area contributed by atoms with Crippen molar-refractivity contribution in [3.8, 4) is 0 Å². The summed E-state index contributed by atoms with van der Waals surface area (Å²) in [5.41, 5.74) is 0. The molecule has 0 N–H and O–H groups in total. The summed E-state index contributed by atoms with van der Waals surface area (Å²) in [6.07, 6.45) is 0. The van der Waals surface area contributed by atoms with E-state index in [-0.39, 0.29) is 0 Å². The van der Waals surface area contributed by atoms with Gasteiger partial charge in [-0.3, -0.25) is 0 Å². The molecule has 0 saturated carbocycles. The quantitative estimate of drug-likeness (QED) is 0.252. The van der Waals surface area contributed by atoms with Gasteiger partial charge in [0.25, 0.3) is 0 Å². The second-order valence-corrected chi connectivity index (χ2v) is 7.70. The maximum atomic E-state index is 2.39. The fourth-order valence-corrected chi connectivity index (χ4v) is 5.18. The van der Waals surface area contributed by atoms with Crippen molar-refractivity contribution in [2.24, 2.45) is 0 Å². The Hall–Kier alpha value is -2.90. The van der Waals surface area contributed by atoms with Crippen molar-refractivity contribution in [3.63, 3.8) is 0 Å². The third kappa shape index (κ3) is 1.82. The van der Waals surface area contributed by atoms with Crippen LogP contribution in [0.3, 0.4) is 0 Å². The van der Waals surface area contributed by atoms with Gasteiger partial charge < -0.3 is 0 Å². The maximum absolute atomic E-state index is 2.39. The van der Waals surface area contributed by atoms with Gasteiger partial charge in [-0.15, -0.1) is 11.3 Å². The van der Waals surface area contributed by atoms with E-state index in [0.29, 0.717) is 0 Å². The lowest BCUT2D eigenvalue weighted by Crippen LogP contribution is -1.81. The Morgan fingerprint density at radius 1 is 0.440 bits per heavy atom. The predicted octanol–water partition coefficient (Wildman–Crippen LogP) is 7.51. The molecule has 0 spiro atoms. The minimum Gasteiger partial charge on any atom is -0.135 e. The molecule has 6 rings (SSSR count). The second-order valence-electron chi connectivity index (χ2n) is 6.62. The van der Waals surface area contributed by atoms with Crippen molar-refractivity contribution >= 4 is 63.8 Å². The predicted molar refractivity (Wildman–Crippen MR) is 112 cm³/mol. The van der Waals surface area contributed by atoms with Crippen LogP contribution >= 0.6 is 11.3 Å². The number of fused-ring (bicyclic) bond motifs is 8. The van der Waals surface area contributed by atoms with Crippen LogP contribution in [0.2, 0.25) is 0 Å². The highest BCUT2D eigenvalue weighted by molar-refractivity contribution is 7.25. The standard InChI is InChI=1S/C24H14S/c1-2-6-18-15(5-1)9-10-16-11-12-17-13-21-19-7-3-4-8-22(19)25-23(21)14-20(17)24(16)18/h1-14H. The third-order valence-electron chi connectivity index (χ3n) is 5.22. The summed E-state index contributed by atoms with van der Waals surface area (Å²) < 4.78 is 2.73. The summed E-state index contributed by atoms with van der Waals surface area (Å²) in [4.78, 5) is 0. The highest BCUT2D eigenvalue weighted by Crippen LogP contribution is 2.39. The van der Waals surface area contributed by atoms with Gasteiger partial charge in [0.15, 0.2) is 0 Å². The number of benzene rings is 5. The van der Waals surface area contributed by atoms with Crippen molar-refractivity contribution in [1.29, 1.82) is 0 Å². The van der Waals surface area contributed by atoms with Crippen LogP contribution in [0, 0.1) is 0 Å². The second kappa shape index (κ2) is 4.81. The van der Waals surface area contributed by atoms with Gasteiger partial charge in [-0.2, -0.15) is 0 Å². The van der Waals surface area contributed by atoms with E-state index in [0.717, 1.165) is 0 Å². The van der Waals surface area contributed by atoms with E-state index < -0.39 is 0 Å². The number of rotatable bonds is 0. The smallest absolute Gasteiger partial charge is 0.0362 e. The van der Waals surface area contributed by atoms with E-state index in [2.05, 4.69) is 84.9 Å². The molecule has 0 aliphatic heterocycles. The molecule has 0 amide bonds. The Kier molecular flexibility index (Phi) is 2.58. The number of thiophene rings is 1. The number of hydrogen-bond acceptors (Lipinski definition) is 1. The molecule has 0 radical (unpaired) electrons. The average Bonchev–Trinajstić information content (AvgIpc) is 3.03.